The zero-order chi connectivity index (χ0) is 10.4. The number of ether oxygens (including phenoxy) is 2. The molecular formula is C8H14N4O2. The third-order valence-electron chi connectivity index (χ3n) is 1.42. The predicted molar refractivity (Wildman–Crippen MR) is 52.8 cm³/mol. The first-order chi connectivity index (χ1) is 6.72. The van der Waals surface area contributed by atoms with Gasteiger partial charge in [0.25, 0.3) is 0 Å². The highest BCUT2D eigenvalue weighted by atomic mass is 16.5. The second-order valence-corrected chi connectivity index (χ2v) is 2.53. The Hall–Kier alpha value is -1.56. The van der Waals surface area contributed by atoms with E-state index in [1.165, 1.54) is 6.07 Å². The standard InChI is InChI=1S/C8H14N4O2/c1-2-13-3-4-14-7-5-6(9)11-8(10)12-7/h5H,2-4H2,1H3,(H4,9,10,11,12). The monoisotopic (exact) mass is 198 g/mol. The summed E-state index contributed by atoms with van der Waals surface area (Å²) in [4.78, 5) is 7.55. The van der Waals surface area contributed by atoms with Crippen molar-refractivity contribution in [2.24, 2.45) is 0 Å². The Labute approximate surface area is 82.2 Å². The smallest absolute Gasteiger partial charge is 0.225 e. The van der Waals surface area contributed by atoms with E-state index in [0.29, 0.717) is 31.5 Å². The number of nitrogen functional groups attached to an aromatic ring is 2. The van der Waals surface area contributed by atoms with Crippen molar-refractivity contribution in [2.45, 2.75) is 6.92 Å². The van der Waals surface area contributed by atoms with Crippen molar-refractivity contribution in [3.63, 3.8) is 0 Å². The minimum absolute atomic E-state index is 0.108. The minimum atomic E-state index is 0.108. The molecule has 0 saturated carbocycles. The van der Waals surface area contributed by atoms with Crippen LogP contribution in [0.25, 0.3) is 0 Å². The molecule has 1 heterocycles. The molecule has 0 bridgehead atoms. The van der Waals surface area contributed by atoms with E-state index in [4.69, 9.17) is 20.9 Å². The summed E-state index contributed by atoms with van der Waals surface area (Å²) in [6.45, 7) is 3.52. The van der Waals surface area contributed by atoms with Crippen molar-refractivity contribution in [3.8, 4) is 5.88 Å². The largest absolute Gasteiger partial charge is 0.475 e. The third kappa shape index (κ3) is 3.44. The van der Waals surface area contributed by atoms with Gasteiger partial charge < -0.3 is 20.9 Å². The van der Waals surface area contributed by atoms with Crippen LogP contribution in [0.4, 0.5) is 11.8 Å². The van der Waals surface area contributed by atoms with Gasteiger partial charge in [0.2, 0.25) is 11.8 Å². The SMILES string of the molecule is CCOCCOc1cc(N)nc(N)n1. The lowest BCUT2D eigenvalue weighted by Crippen LogP contribution is -2.09. The Morgan fingerprint density at radius 2 is 2.07 bits per heavy atom. The van der Waals surface area contributed by atoms with Crippen molar-refractivity contribution in [3.05, 3.63) is 6.07 Å². The van der Waals surface area contributed by atoms with Crippen LogP contribution in [0, 0.1) is 0 Å². The molecule has 0 unspecified atom stereocenters. The summed E-state index contributed by atoms with van der Waals surface area (Å²) in [6, 6.07) is 1.52. The highest BCUT2D eigenvalue weighted by Crippen LogP contribution is 2.11. The Balaban J connectivity index is 2.42. The number of nitrogens with two attached hydrogens (primary N) is 2. The number of aromatic nitrogens is 2. The first-order valence-electron chi connectivity index (χ1n) is 4.33. The van der Waals surface area contributed by atoms with Crippen LogP contribution < -0.4 is 16.2 Å². The molecule has 0 spiro atoms. The van der Waals surface area contributed by atoms with Gasteiger partial charge in [-0.1, -0.05) is 0 Å². The Bertz CT molecular complexity index is 272. The molecule has 6 nitrogen and oxygen atoms in total. The maximum atomic E-state index is 5.45. The average molecular weight is 198 g/mol. The maximum Gasteiger partial charge on any atom is 0.225 e. The zero-order valence-corrected chi connectivity index (χ0v) is 8.06. The van der Waals surface area contributed by atoms with Crippen LogP contribution in [0.5, 0.6) is 5.88 Å². The van der Waals surface area contributed by atoms with Gasteiger partial charge in [-0.15, -0.1) is 0 Å². The topological polar surface area (TPSA) is 96.3 Å². The quantitative estimate of drug-likeness (QED) is 0.649. The molecule has 0 atom stereocenters. The van der Waals surface area contributed by atoms with Crippen molar-refractivity contribution in [1.29, 1.82) is 0 Å². The van der Waals surface area contributed by atoms with Gasteiger partial charge in [-0.25, -0.2) is 0 Å². The summed E-state index contributed by atoms with van der Waals surface area (Å²) in [6.07, 6.45) is 0. The van der Waals surface area contributed by atoms with Gasteiger partial charge in [-0.3, -0.25) is 0 Å². The maximum absolute atomic E-state index is 5.45. The molecule has 0 aromatic carbocycles. The Morgan fingerprint density at radius 3 is 2.71 bits per heavy atom. The highest BCUT2D eigenvalue weighted by molar-refractivity contribution is 5.38. The molecule has 78 valence electrons. The van der Waals surface area contributed by atoms with E-state index in [0.717, 1.165) is 0 Å². The predicted octanol–water partition coefficient (Wildman–Crippen LogP) is 0.0563. The van der Waals surface area contributed by atoms with Gasteiger partial charge >= 0.3 is 0 Å². The molecule has 0 saturated heterocycles. The zero-order valence-electron chi connectivity index (χ0n) is 8.06. The van der Waals surface area contributed by atoms with E-state index in [1.54, 1.807) is 0 Å². The fourth-order valence-electron chi connectivity index (χ4n) is 0.885. The second-order valence-electron chi connectivity index (χ2n) is 2.53. The second kappa shape index (κ2) is 5.23. The van der Waals surface area contributed by atoms with Crippen LogP contribution >= 0.6 is 0 Å². The first kappa shape index (κ1) is 10.5. The van der Waals surface area contributed by atoms with E-state index in [1.807, 2.05) is 6.92 Å². The summed E-state index contributed by atoms with van der Waals surface area (Å²) in [5.74, 6) is 0.773. The van der Waals surface area contributed by atoms with Crippen LogP contribution in [0.3, 0.4) is 0 Å². The van der Waals surface area contributed by atoms with Crippen LogP contribution in [0.1, 0.15) is 6.92 Å². The summed E-state index contributed by atoms with van der Waals surface area (Å²) >= 11 is 0. The molecule has 1 aromatic heterocycles. The Morgan fingerprint density at radius 1 is 1.29 bits per heavy atom. The van der Waals surface area contributed by atoms with E-state index in [9.17, 15) is 0 Å². The van der Waals surface area contributed by atoms with E-state index in [-0.39, 0.29) is 5.95 Å². The fraction of sp³-hybridized carbons (Fsp3) is 0.500. The molecular weight excluding hydrogens is 184 g/mol. The molecule has 0 fully saturated rings. The Kier molecular flexibility index (Phi) is 3.93. The average Bonchev–Trinajstić information content (AvgIpc) is 2.11. The summed E-state index contributed by atoms with van der Waals surface area (Å²) < 4.78 is 10.3. The molecule has 6 heteroatoms. The van der Waals surface area contributed by atoms with Crippen molar-refractivity contribution in [2.75, 3.05) is 31.3 Å². The number of nitrogens with zero attached hydrogens (tertiary/aromatic N) is 2. The van der Waals surface area contributed by atoms with Crippen LogP contribution in [-0.4, -0.2) is 29.8 Å². The molecule has 0 radical (unpaired) electrons. The molecule has 1 rings (SSSR count). The van der Waals surface area contributed by atoms with Gasteiger partial charge in [0.05, 0.1) is 6.61 Å². The van der Waals surface area contributed by atoms with E-state index < -0.39 is 0 Å². The third-order valence-corrected chi connectivity index (χ3v) is 1.42. The number of anilines is 2. The van der Waals surface area contributed by atoms with Crippen molar-refractivity contribution < 1.29 is 9.47 Å². The van der Waals surface area contributed by atoms with Crippen molar-refractivity contribution >= 4 is 11.8 Å². The molecule has 4 N–H and O–H groups in total. The molecule has 0 aliphatic carbocycles. The highest BCUT2D eigenvalue weighted by Gasteiger charge is 1.99. The number of hydrogen-bond acceptors (Lipinski definition) is 6. The molecule has 0 aliphatic heterocycles. The van der Waals surface area contributed by atoms with Crippen LogP contribution in [0.2, 0.25) is 0 Å². The van der Waals surface area contributed by atoms with Gasteiger partial charge in [-0.2, -0.15) is 9.97 Å². The summed E-state index contributed by atoms with van der Waals surface area (Å²) in [5.41, 5.74) is 10.8. The van der Waals surface area contributed by atoms with Gasteiger partial charge in [0.1, 0.15) is 12.4 Å². The molecule has 0 amide bonds. The molecule has 14 heavy (non-hydrogen) atoms. The van der Waals surface area contributed by atoms with Crippen LogP contribution in [-0.2, 0) is 4.74 Å². The van der Waals surface area contributed by atoms with Crippen LogP contribution in [0.15, 0.2) is 6.07 Å². The number of hydrogen-bond donors (Lipinski definition) is 2. The van der Waals surface area contributed by atoms with Gasteiger partial charge in [-0.05, 0) is 6.92 Å². The summed E-state index contributed by atoms with van der Waals surface area (Å²) in [5, 5.41) is 0. The lowest BCUT2D eigenvalue weighted by atomic mass is 10.5. The number of rotatable bonds is 5. The van der Waals surface area contributed by atoms with E-state index in [2.05, 4.69) is 9.97 Å². The lowest BCUT2D eigenvalue weighted by Gasteiger charge is -2.05. The lowest BCUT2D eigenvalue weighted by molar-refractivity contribution is 0.108. The molecule has 1 aromatic rings. The normalized spacial score (nSPS) is 10.1. The van der Waals surface area contributed by atoms with E-state index >= 15 is 0 Å². The van der Waals surface area contributed by atoms with Crippen molar-refractivity contribution in [1.82, 2.24) is 9.97 Å². The van der Waals surface area contributed by atoms with Gasteiger partial charge in [0, 0.05) is 12.7 Å². The van der Waals surface area contributed by atoms with Gasteiger partial charge in [0.15, 0.2) is 0 Å². The first-order valence-corrected chi connectivity index (χ1v) is 4.33. The summed E-state index contributed by atoms with van der Waals surface area (Å²) in [7, 11) is 0. The minimum Gasteiger partial charge on any atom is -0.475 e. The fourth-order valence-corrected chi connectivity index (χ4v) is 0.885. The molecule has 0 aliphatic rings.